The number of phenolic OH excluding ortho intramolecular Hbond substituents is 1. The molecule has 3 N–H and O–H groups in total. The second-order valence-corrected chi connectivity index (χ2v) is 7.57. The molecule has 1 saturated heterocycles. The van der Waals surface area contributed by atoms with Crippen molar-refractivity contribution >= 4 is 63.6 Å². The number of nitrogens with zero attached hydrogens (tertiary/aromatic N) is 2. The number of amides is 1. The molecular formula is C18H10N2O8S2. The van der Waals surface area contributed by atoms with Gasteiger partial charge in [0.2, 0.25) is 0 Å². The fraction of sp³-hybridized carbons (Fsp3) is 0. The third-order valence-corrected chi connectivity index (χ3v) is 5.27. The molecule has 0 radical (unpaired) electrons. The number of carbonyl (C=O) groups excluding carboxylic acids is 1. The molecular weight excluding hydrogens is 436 g/mol. The number of aromatic hydroxyl groups is 1. The molecule has 152 valence electrons. The van der Waals surface area contributed by atoms with Gasteiger partial charge in [-0.05, 0) is 30.3 Å². The second kappa shape index (κ2) is 7.93. The maximum Gasteiger partial charge on any atom is 0.335 e. The summed E-state index contributed by atoms with van der Waals surface area (Å²) in [6.07, 6.45) is 1.21. The molecule has 2 aromatic carbocycles. The van der Waals surface area contributed by atoms with E-state index in [4.69, 9.17) is 12.2 Å². The number of thioether (sulfide) groups is 1. The number of nitro benzene ring substituents is 1. The molecule has 0 unspecified atom stereocenters. The quantitative estimate of drug-likeness (QED) is 0.270. The highest BCUT2D eigenvalue weighted by Gasteiger charge is 2.34. The van der Waals surface area contributed by atoms with Crippen LogP contribution in [0.25, 0.3) is 6.08 Å². The van der Waals surface area contributed by atoms with Crippen LogP contribution in [-0.2, 0) is 4.79 Å². The van der Waals surface area contributed by atoms with Gasteiger partial charge in [0, 0.05) is 17.7 Å². The summed E-state index contributed by atoms with van der Waals surface area (Å²) in [5.41, 5.74) is -1.04. The van der Waals surface area contributed by atoms with Gasteiger partial charge in [0.1, 0.15) is 5.75 Å². The summed E-state index contributed by atoms with van der Waals surface area (Å²) in [6.45, 7) is 0. The zero-order valence-electron chi connectivity index (χ0n) is 14.6. The fourth-order valence-corrected chi connectivity index (χ4v) is 3.88. The number of phenols is 1. The number of carbonyl (C=O) groups is 3. The SMILES string of the molecule is O=C(O)c1cc(C(=O)O)cc(N2C(=O)/C(=C/c3cc([N+](=O)[O-])ccc3O)SC2=S)c1. The maximum atomic E-state index is 12.9. The number of hydrogen-bond acceptors (Lipinski definition) is 8. The molecule has 12 heteroatoms. The largest absolute Gasteiger partial charge is 0.507 e. The number of rotatable bonds is 5. The van der Waals surface area contributed by atoms with Crippen molar-refractivity contribution < 1.29 is 34.6 Å². The van der Waals surface area contributed by atoms with Crippen LogP contribution in [0.4, 0.5) is 11.4 Å². The summed E-state index contributed by atoms with van der Waals surface area (Å²) >= 11 is 5.99. The van der Waals surface area contributed by atoms with Crippen LogP contribution in [0.2, 0.25) is 0 Å². The Morgan fingerprint density at radius 3 is 2.23 bits per heavy atom. The predicted octanol–water partition coefficient (Wildman–Crippen LogP) is 3.10. The molecule has 0 aromatic heterocycles. The van der Waals surface area contributed by atoms with Crippen molar-refractivity contribution in [1.82, 2.24) is 0 Å². The molecule has 0 bridgehead atoms. The Hall–Kier alpha value is -3.77. The van der Waals surface area contributed by atoms with E-state index >= 15 is 0 Å². The number of non-ortho nitro benzene ring substituents is 1. The zero-order valence-corrected chi connectivity index (χ0v) is 16.3. The number of carboxylic acid groups (broad SMARTS) is 2. The number of nitro groups is 1. The van der Waals surface area contributed by atoms with E-state index in [1.54, 1.807) is 0 Å². The van der Waals surface area contributed by atoms with E-state index in [0.29, 0.717) is 0 Å². The monoisotopic (exact) mass is 446 g/mol. The third kappa shape index (κ3) is 3.99. The highest BCUT2D eigenvalue weighted by Crippen LogP contribution is 2.38. The van der Waals surface area contributed by atoms with Gasteiger partial charge in [-0.3, -0.25) is 19.8 Å². The van der Waals surface area contributed by atoms with Crippen LogP contribution >= 0.6 is 24.0 Å². The number of anilines is 1. The van der Waals surface area contributed by atoms with E-state index in [1.807, 2.05) is 0 Å². The predicted molar refractivity (Wildman–Crippen MR) is 111 cm³/mol. The van der Waals surface area contributed by atoms with Crippen molar-refractivity contribution in [2.45, 2.75) is 0 Å². The second-order valence-electron chi connectivity index (χ2n) is 5.90. The molecule has 1 heterocycles. The van der Waals surface area contributed by atoms with Crippen LogP contribution < -0.4 is 4.90 Å². The molecule has 0 spiro atoms. The molecule has 1 fully saturated rings. The lowest BCUT2D eigenvalue weighted by molar-refractivity contribution is -0.384. The van der Waals surface area contributed by atoms with Crippen molar-refractivity contribution in [1.29, 1.82) is 0 Å². The summed E-state index contributed by atoms with van der Waals surface area (Å²) < 4.78 is -0.00459. The van der Waals surface area contributed by atoms with Gasteiger partial charge in [0.15, 0.2) is 4.32 Å². The summed E-state index contributed by atoms with van der Waals surface area (Å²) in [4.78, 5) is 46.7. The van der Waals surface area contributed by atoms with E-state index in [9.17, 15) is 39.8 Å². The number of aromatic carboxylic acids is 2. The van der Waals surface area contributed by atoms with Crippen LogP contribution in [0.5, 0.6) is 5.75 Å². The van der Waals surface area contributed by atoms with Crippen molar-refractivity contribution in [3.8, 4) is 5.75 Å². The van der Waals surface area contributed by atoms with E-state index < -0.39 is 22.8 Å². The van der Waals surface area contributed by atoms with Crippen LogP contribution in [0.3, 0.4) is 0 Å². The minimum atomic E-state index is -1.39. The van der Waals surface area contributed by atoms with Gasteiger partial charge in [-0.1, -0.05) is 24.0 Å². The molecule has 10 nitrogen and oxygen atoms in total. The Balaban J connectivity index is 2.05. The first kappa shape index (κ1) is 21.0. The van der Waals surface area contributed by atoms with Gasteiger partial charge in [0.25, 0.3) is 11.6 Å². The van der Waals surface area contributed by atoms with Crippen molar-refractivity contribution in [2.75, 3.05) is 4.90 Å². The summed E-state index contributed by atoms with van der Waals surface area (Å²) in [6, 6.07) is 6.45. The average Bonchev–Trinajstić information content (AvgIpc) is 2.96. The molecule has 0 atom stereocenters. The molecule has 1 amide bonds. The minimum absolute atomic E-state index is 0.00459. The lowest BCUT2D eigenvalue weighted by Crippen LogP contribution is -2.28. The zero-order chi connectivity index (χ0) is 22.2. The van der Waals surface area contributed by atoms with Gasteiger partial charge in [-0.2, -0.15) is 0 Å². The van der Waals surface area contributed by atoms with Crippen molar-refractivity contribution in [3.63, 3.8) is 0 Å². The number of carboxylic acids is 2. The molecule has 3 rings (SSSR count). The molecule has 0 saturated carbocycles. The van der Waals surface area contributed by atoms with Crippen molar-refractivity contribution in [3.05, 3.63) is 68.1 Å². The number of hydrogen-bond donors (Lipinski definition) is 3. The molecule has 1 aliphatic rings. The van der Waals surface area contributed by atoms with Gasteiger partial charge in [0.05, 0.1) is 26.6 Å². The maximum absolute atomic E-state index is 12.9. The van der Waals surface area contributed by atoms with E-state index in [1.165, 1.54) is 6.08 Å². The minimum Gasteiger partial charge on any atom is -0.507 e. The Morgan fingerprint density at radius 1 is 1.10 bits per heavy atom. The van der Waals surface area contributed by atoms with Gasteiger partial charge in [-0.25, -0.2) is 9.59 Å². The summed E-state index contributed by atoms with van der Waals surface area (Å²) in [5, 5.41) is 39.3. The highest BCUT2D eigenvalue weighted by molar-refractivity contribution is 8.27. The van der Waals surface area contributed by atoms with Crippen molar-refractivity contribution in [2.24, 2.45) is 0 Å². The van der Waals surface area contributed by atoms with E-state index in [-0.39, 0.29) is 43.0 Å². The lowest BCUT2D eigenvalue weighted by Gasteiger charge is -2.16. The van der Waals surface area contributed by atoms with Gasteiger partial charge >= 0.3 is 11.9 Å². The fourth-order valence-electron chi connectivity index (χ4n) is 2.59. The van der Waals surface area contributed by atoms with Gasteiger partial charge in [-0.15, -0.1) is 0 Å². The molecule has 30 heavy (non-hydrogen) atoms. The first-order chi connectivity index (χ1) is 14.1. The highest BCUT2D eigenvalue weighted by atomic mass is 32.2. The topological polar surface area (TPSA) is 158 Å². The lowest BCUT2D eigenvalue weighted by atomic mass is 10.1. The first-order valence-electron chi connectivity index (χ1n) is 7.95. The van der Waals surface area contributed by atoms with Crippen LogP contribution in [-0.4, -0.2) is 42.4 Å². The molecule has 0 aliphatic carbocycles. The first-order valence-corrected chi connectivity index (χ1v) is 9.18. The Morgan fingerprint density at radius 2 is 1.70 bits per heavy atom. The normalized spacial score (nSPS) is 14.9. The number of benzene rings is 2. The van der Waals surface area contributed by atoms with E-state index in [0.717, 1.165) is 53.1 Å². The summed E-state index contributed by atoms with van der Waals surface area (Å²) in [7, 11) is 0. The number of thiocarbonyl (C=S) groups is 1. The summed E-state index contributed by atoms with van der Waals surface area (Å²) in [5.74, 6) is -3.77. The molecule has 2 aromatic rings. The average molecular weight is 446 g/mol. The smallest absolute Gasteiger partial charge is 0.335 e. The standard InChI is InChI=1S/C18H10N2O8S2/c21-13-2-1-11(20(27)28)4-8(13)7-14-15(22)19(18(29)30-14)12-5-9(16(23)24)3-10(6-12)17(25)26/h1-7,21H,(H,23,24)(H,25,26)/b14-7-. The molecule has 1 aliphatic heterocycles. The Labute approximate surface area is 177 Å². The van der Waals surface area contributed by atoms with Crippen LogP contribution in [0, 0.1) is 10.1 Å². The van der Waals surface area contributed by atoms with E-state index in [2.05, 4.69) is 0 Å². The Bertz CT molecular complexity index is 1140. The Kier molecular flexibility index (Phi) is 5.54. The van der Waals surface area contributed by atoms with Gasteiger partial charge < -0.3 is 15.3 Å². The third-order valence-electron chi connectivity index (χ3n) is 3.97. The van der Waals surface area contributed by atoms with Crippen LogP contribution in [0.1, 0.15) is 26.3 Å². The van der Waals surface area contributed by atoms with Crippen LogP contribution in [0.15, 0.2) is 41.3 Å².